The first kappa shape index (κ1) is 18.8. The van der Waals surface area contributed by atoms with Crippen molar-refractivity contribution in [2.75, 3.05) is 0 Å². The number of aromatic nitrogens is 2. The summed E-state index contributed by atoms with van der Waals surface area (Å²) in [5.41, 5.74) is 2.31. The topological polar surface area (TPSA) is 64.0 Å². The average molecular weight is 401 g/mol. The van der Waals surface area contributed by atoms with Crippen molar-refractivity contribution in [2.45, 2.75) is 12.6 Å². The molecule has 0 radical (unpaired) electrons. The van der Waals surface area contributed by atoms with Crippen LogP contribution >= 0.6 is 11.3 Å². The number of carbonyl (C=O) groups excluding carboxylic acids is 1. The molecule has 2 aromatic carbocycles. The Balaban J connectivity index is 1.58. The monoisotopic (exact) mass is 401 g/mol. The molecule has 0 unspecified atom stereocenters. The Hall–Kier alpha value is -3.51. The maximum Gasteiger partial charge on any atom is 0.267 e. The molecule has 1 amide bonds. The summed E-state index contributed by atoms with van der Waals surface area (Å²) in [6.07, 6.45) is 0. The summed E-state index contributed by atoms with van der Waals surface area (Å²) >= 11 is 1.54. The minimum absolute atomic E-state index is 0.145. The lowest BCUT2D eigenvalue weighted by molar-refractivity contribution is -0.122. The zero-order valence-corrected chi connectivity index (χ0v) is 16.4. The summed E-state index contributed by atoms with van der Waals surface area (Å²) < 4.78 is 1.21. The molecule has 2 aromatic heterocycles. The van der Waals surface area contributed by atoms with Crippen LogP contribution in [0.15, 0.2) is 95.1 Å². The molecule has 0 saturated carbocycles. The van der Waals surface area contributed by atoms with Gasteiger partial charge in [-0.3, -0.25) is 9.59 Å². The van der Waals surface area contributed by atoms with E-state index < -0.39 is 0 Å². The summed E-state index contributed by atoms with van der Waals surface area (Å²) in [4.78, 5) is 26.0. The van der Waals surface area contributed by atoms with Gasteiger partial charge in [0.1, 0.15) is 12.2 Å². The van der Waals surface area contributed by atoms with Crippen molar-refractivity contribution in [3.63, 3.8) is 0 Å². The highest BCUT2D eigenvalue weighted by atomic mass is 32.1. The largest absolute Gasteiger partial charge is 0.344 e. The zero-order valence-electron chi connectivity index (χ0n) is 15.6. The van der Waals surface area contributed by atoms with Crippen LogP contribution in [0, 0.1) is 0 Å². The predicted molar refractivity (Wildman–Crippen MR) is 115 cm³/mol. The van der Waals surface area contributed by atoms with Crippen LogP contribution in [0.1, 0.15) is 17.2 Å². The summed E-state index contributed by atoms with van der Waals surface area (Å²) in [6, 6.07) is 26.2. The van der Waals surface area contributed by atoms with Gasteiger partial charge in [0.2, 0.25) is 5.91 Å². The number of carbonyl (C=O) groups is 1. The van der Waals surface area contributed by atoms with Crippen molar-refractivity contribution in [1.29, 1.82) is 0 Å². The molecule has 0 saturated heterocycles. The molecule has 0 spiro atoms. The second kappa shape index (κ2) is 8.67. The molecule has 5 nitrogen and oxygen atoms in total. The Kier molecular flexibility index (Phi) is 5.63. The molecule has 6 heteroatoms. The smallest absolute Gasteiger partial charge is 0.267 e. The second-order valence-corrected chi connectivity index (χ2v) is 7.46. The maximum absolute atomic E-state index is 12.8. The first-order valence-electron chi connectivity index (χ1n) is 9.22. The van der Waals surface area contributed by atoms with Crippen molar-refractivity contribution in [3.05, 3.63) is 112 Å². The minimum atomic E-state index is -0.309. The number of benzene rings is 2. The first-order valence-corrected chi connectivity index (χ1v) is 10.1. The van der Waals surface area contributed by atoms with Crippen molar-refractivity contribution in [2.24, 2.45) is 0 Å². The Labute approximate surface area is 172 Å². The van der Waals surface area contributed by atoms with Crippen molar-refractivity contribution >= 4 is 17.2 Å². The van der Waals surface area contributed by atoms with E-state index in [-0.39, 0.29) is 24.1 Å². The number of nitrogens with one attached hydrogen (secondary N) is 1. The van der Waals surface area contributed by atoms with E-state index in [1.54, 1.807) is 6.07 Å². The third kappa shape index (κ3) is 4.50. The minimum Gasteiger partial charge on any atom is -0.344 e. The van der Waals surface area contributed by atoms with E-state index >= 15 is 0 Å². The number of rotatable bonds is 6. The van der Waals surface area contributed by atoms with Gasteiger partial charge >= 0.3 is 0 Å². The van der Waals surface area contributed by atoms with Gasteiger partial charge in [-0.05, 0) is 28.6 Å². The van der Waals surface area contributed by atoms with E-state index in [9.17, 15) is 9.59 Å². The fourth-order valence-electron chi connectivity index (χ4n) is 3.11. The lowest BCUT2D eigenvalue weighted by Gasteiger charge is -2.20. The molecule has 0 bridgehead atoms. The Morgan fingerprint density at radius 2 is 1.55 bits per heavy atom. The molecule has 144 valence electrons. The Bertz CT molecular complexity index is 1100. The van der Waals surface area contributed by atoms with Crippen LogP contribution in [0.2, 0.25) is 0 Å². The molecule has 4 rings (SSSR count). The molecule has 0 fully saturated rings. The van der Waals surface area contributed by atoms with E-state index in [0.29, 0.717) is 5.69 Å². The van der Waals surface area contributed by atoms with Crippen LogP contribution < -0.4 is 10.9 Å². The van der Waals surface area contributed by atoms with Crippen molar-refractivity contribution in [1.82, 2.24) is 15.1 Å². The van der Waals surface area contributed by atoms with Gasteiger partial charge in [-0.15, -0.1) is 11.3 Å². The fourth-order valence-corrected chi connectivity index (χ4v) is 3.80. The van der Waals surface area contributed by atoms with E-state index in [0.717, 1.165) is 16.0 Å². The van der Waals surface area contributed by atoms with E-state index in [2.05, 4.69) is 10.4 Å². The van der Waals surface area contributed by atoms with E-state index in [1.165, 1.54) is 22.1 Å². The highest BCUT2D eigenvalue weighted by Crippen LogP contribution is 2.22. The molecule has 0 atom stereocenters. The van der Waals surface area contributed by atoms with Gasteiger partial charge in [0.25, 0.3) is 5.56 Å². The standard InChI is InChI=1S/C23H19N3O2S/c27-21(16-26-22(28)14-13-19(25-26)20-12-7-15-29-20)24-23(17-8-3-1-4-9-17)18-10-5-2-6-11-18/h1-15,23H,16H2,(H,24,27). The van der Waals surface area contributed by atoms with Gasteiger partial charge in [0.05, 0.1) is 10.9 Å². The van der Waals surface area contributed by atoms with Gasteiger partial charge in [0, 0.05) is 6.07 Å². The first-order chi connectivity index (χ1) is 14.2. The summed E-state index contributed by atoms with van der Waals surface area (Å²) in [5.74, 6) is -0.277. The number of hydrogen-bond acceptors (Lipinski definition) is 4. The molecule has 29 heavy (non-hydrogen) atoms. The maximum atomic E-state index is 12.8. The zero-order chi connectivity index (χ0) is 20.1. The van der Waals surface area contributed by atoms with Crippen LogP contribution in [0.3, 0.4) is 0 Å². The second-order valence-electron chi connectivity index (χ2n) is 6.51. The number of thiophene rings is 1. The van der Waals surface area contributed by atoms with Gasteiger partial charge < -0.3 is 5.32 Å². The lowest BCUT2D eigenvalue weighted by atomic mass is 9.99. The molecule has 2 heterocycles. The SMILES string of the molecule is O=C(Cn1nc(-c2cccs2)ccc1=O)NC(c1ccccc1)c1ccccc1. The van der Waals surface area contributed by atoms with Gasteiger partial charge in [-0.25, -0.2) is 4.68 Å². The lowest BCUT2D eigenvalue weighted by Crippen LogP contribution is -2.36. The Morgan fingerprint density at radius 1 is 0.897 bits per heavy atom. The van der Waals surface area contributed by atoms with Gasteiger partial charge in [-0.1, -0.05) is 66.7 Å². The highest BCUT2D eigenvalue weighted by Gasteiger charge is 2.17. The van der Waals surface area contributed by atoms with Crippen molar-refractivity contribution in [3.8, 4) is 10.6 Å². The van der Waals surface area contributed by atoms with Crippen LogP contribution in [-0.2, 0) is 11.3 Å². The highest BCUT2D eigenvalue weighted by molar-refractivity contribution is 7.13. The van der Waals surface area contributed by atoms with Gasteiger partial charge in [-0.2, -0.15) is 5.10 Å². The molecule has 0 aliphatic carbocycles. The molecular weight excluding hydrogens is 382 g/mol. The molecule has 4 aromatic rings. The summed E-state index contributed by atoms with van der Waals surface area (Å²) in [6.45, 7) is -0.145. The number of hydrogen-bond donors (Lipinski definition) is 1. The Morgan fingerprint density at radius 3 is 2.14 bits per heavy atom. The van der Waals surface area contributed by atoms with Crippen LogP contribution in [0.4, 0.5) is 0 Å². The third-order valence-corrected chi connectivity index (χ3v) is 5.40. The molecular formula is C23H19N3O2S. The summed E-state index contributed by atoms with van der Waals surface area (Å²) in [7, 11) is 0. The summed E-state index contributed by atoms with van der Waals surface area (Å²) in [5, 5.41) is 9.35. The predicted octanol–water partition coefficient (Wildman–Crippen LogP) is 3.88. The van der Waals surface area contributed by atoms with Gasteiger partial charge in [0.15, 0.2) is 0 Å². The van der Waals surface area contributed by atoms with E-state index in [1.807, 2.05) is 78.2 Å². The quantitative estimate of drug-likeness (QED) is 0.533. The average Bonchev–Trinajstić information content (AvgIpc) is 3.30. The van der Waals surface area contributed by atoms with E-state index in [4.69, 9.17) is 0 Å². The van der Waals surface area contributed by atoms with Crippen LogP contribution in [0.25, 0.3) is 10.6 Å². The molecule has 0 aliphatic heterocycles. The van der Waals surface area contributed by atoms with Crippen LogP contribution in [-0.4, -0.2) is 15.7 Å². The normalized spacial score (nSPS) is 10.8. The fraction of sp³-hybridized carbons (Fsp3) is 0.0870. The third-order valence-electron chi connectivity index (χ3n) is 4.50. The number of nitrogens with zero attached hydrogens (tertiary/aromatic N) is 2. The van der Waals surface area contributed by atoms with Crippen molar-refractivity contribution < 1.29 is 4.79 Å². The molecule has 0 aliphatic rings. The van der Waals surface area contributed by atoms with Crippen LogP contribution in [0.5, 0.6) is 0 Å². The number of amides is 1. The molecule has 1 N–H and O–H groups in total.